The molecule has 150 valence electrons. The molecule has 2 N–H and O–H groups in total. The lowest BCUT2D eigenvalue weighted by Gasteiger charge is -2.12. The van der Waals surface area contributed by atoms with Crippen LogP contribution < -0.4 is 15.4 Å². The van der Waals surface area contributed by atoms with Crippen molar-refractivity contribution in [1.82, 2.24) is 5.32 Å². The predicted octanol–water partition coefficient (Wildman–Crippen LogP) is 3.55. The summed E-state index contributed by atoms with van der Waals surface area (Å²) in [6.07, 6.45) is 0.294. The Morgan fingerprint density at radius 2 is 1.57 bits per heavy atom. The number of rotatable bonds is 7. The van der Waals surface area contributed by atoms with Crippen molar-refractivity contribution in [2.75, 3.05) is 18.5 Å². The first-order valence-corrected chi connectivity index (χ1v) is 9.49. The molecule has 6 nitrogen and oxygen atoms in total. The van der Waals surface area contributed by atoms with Gasteiger partial charge in [0.25, 0.3) is 0 Å². The van der Waals surface area contributed by atoms with E-state index in [0.717, 1.165) is 16.7 Å². The summed E-state index contributed by atoms with van der Waals surface area (Å²) >= 11 is 0. The van der Waals surface area contributed by atoms with Crippen LogP contribution in [0.1, 0.15) is 5.56 Å². The van der Waals surface area contributed by atoms with Crippen molar-refractivity contribution in [3.63, 3.8) is 0 Å². The zero-order valence-electron chi connectivity index (χ0n) is 16.3. The van der Waals surface area contributed by atoms with Gasteiger partial charge in [-0.3, -0.25) is 9.59 Å². The molecule has 0 radical (unpaired) electrons. The van der Waals surface area contributed by atoms with Crippen molar-refractivity contribution < 1.29 is 14.3 Å². The molecule has 0 heterocycles. The molecule has 0 bridgehead atoms. The van der Waals surface area contributed by atoms with Gasteiger partial charge in [0, 0.05) is 11.3 Å². The Bertz CT molecular complexity index is 1040. The van der Waals surface area contributed by atoms with Crippen molar-refractivity contribution in [2.24, 2.45) is 0 Å². The van der Waals surface area contributed by atoms with Gasteiger partial charge in [0.15, 0.2) is 0 Å². The highest BCUT2D eigenvalue weighted by Gasteiger charge is 2.13. The lowest BCUT2D eigenvalue weighted by atomic mass is 10.1. The molecule has 3 rings (SSSR count). The number of nitrogens with one attached hydrogen (secondary N) is 2. The van der Waals surface area contributed by atoms with E-state index in [0.29, 0.717) is 17.9 Å². The quantitative estimate of drug-likeness (QED) is 0.469. The van der Waals surface area contributed by atoms with Gasteiger partial charge in [0.05, 0.1) is 19.0 Å². The standard InChI is InChI=1S/C24H21N3O3/c25-15-14-18-10-12-20(13-11-18)27-24(29)23(28)26-16-17-30-22-9-5-4-8-21(22)19-6-2-1-3-7-19/h1-13H,14,16-17H2,(H,26,28)(H,27,29). The molecule has 30 heavy (non-hydrogen) atoms. The van der Waals surface area contributed by atoms with E-state index in [9.17, 15) is 9.59 Å². The van der Waals surface area contributed by atoms with Gasteiger partial charge in [-0.2, -0.15) is 5.26 Å². The Balaban J connectivity index is 1.47. The van der Waals surface area contributed by atoms with Crippen LogP contribution in [0.3, 0.4) is 0 Å². The van der Waals surface area contributed by atoms with E-state index >= 15 is 0 Å². The third-order valence-corrected chi connectivity index (χ3v) is 4.32. The van der Waals surface area contributed by atoms with Crippen molar-refractivity contribution >= 4 is 17.5 Å². The minimum atomic E-state index is -0.757. The van der Waals surface area contributed by atoms with Crippen molar-refractivity contribution in [3.05, 3.63) is 84.4 Å². The van der Waals surface area contributed by atoms with E-state index in [1.165, 1.54) is 0 Å². The van der Waals surface area contributed by atoms with E-state index in [2.05, 4.69) is 16.7 Å². The first kappa shape index (κ1) is 20.6. The summed E-state index contributed by atoms with van der Waals surface area (Å²) in [5.74, 6) is -0.788. The number of benzene rings is 3. The lowest BCUT2D eigenvalue weighted by molar-refractivity contribution is -0.136. The lowest BCUT2D eigenvalue weighted by Crippen LogP contribution is -2.37. The molecule has 0 saturated heterocycles. The number of nitriles is 1. The van der Waals surface area contributed by atoms with Crippen molar-refractivity contribution in [3.8, 4) is 22.9 Å². The molecular formula is C24H21N3O3. The summed E-state index contributed by atoms with van der Waals surface area (Å²) < 4.78 is 5.80. The number of hydrogen-bond donors (Lipinski definition) is 2. The Kier molecular flexibility index (Phi) is 7.17. The van der Waals surface area contributed by atoms with Crippen LogP contribution in [0.5, 0.6) is 5.75 Å². The number of hydrogen-bond acceptors (Lipinski definition) is 4. The van der Waals surface area contributed by atoms with Gasteiger partial charge in [-0.15, -0.1) is 0 Å². The van der Waals surface area contributed by atoms with E-state index in [1.54, 1.807) is 24.3 Å². The van der Waals surface area contributed by atoms with Gasteiger partial charge >= 0.3 is 11.8 Å². The molecule has 0 unspecified atom stereocenters. The van der Waals surface area contributed by atoms with Gasteiger partial charge in [-0.25, -0.2) is 0 Å². The third-order valence-electron chi connectivity index (χ3n) is 4.32. The molecule has 6 heteroatoms. The molecule has 0 fully saturated rings. The van der Waals surface area contributed by atoms with E-state index in [-0.39, 0.29) is 13.2 Å². The fourth-order valence-electron chi connectivity index (χ4n) is 2.84. The summed E-state index contributed by atoms with van der Waals surface area (Å²) in [6, 6.07) is 26.4. The number of carbonyl (C=O) groups excluding carboxylic acids is 2. The zero-order valence-corrected chi connectivity index (χ0v) is 16.3. The van der Waals surface area contributed by atoms with E-state index in [4.69, 9.17) is 10.00 Å². The molecule has 3 aromatic carbocycles. The average Bonchev–Trinajstić information content (AvgIpc) is 2.79. The Hall–Kier alpha value is -4.11. The molecule has 0 saturated carbocycles. The largest absolute Gasteiger partial charge is 0.491 e. The minimum Gasteiger partial charge on any atom is -0.491 e. The number of para-hydroxylation sites is 1. The molecule has 2 amide bonds. The highest BCUT2D eigenvalue weighted by molar-refractivity contribution is 6.39. The zero-order chi connectivity index (χ0) is 21.2. The van der Waals surface area contributed by atoms with Crippen LogP contribution in [0.25, 0.3) is 11.1 Å². The number of amides is 2. The predicted molar refractivity (Wildman–Crippen MR) is 115 cm³/mol. The van der Waals surface area contributed by atoms with Gasteiger partial charge in [0.1, 0.15) is 12.4 Å². The van der Waals surface area contributed by atoms with E-state index < -0.39 is 11.8 Å². The second kappa shape index (κ2) is 10.4. The maximum absolute atomic E-state index is 12.0. The second-order valence-corrected chi connectivity index (χ2v) is 6.45. The number of nitrogens with zero attached hydrogens (tertiary/aromatic N) is 1. The van der Waals surface area contributed by atoms with Crippen LogP contribution >= 0.6 is 0 Å². The molecule has 0 aliphatic rings. The van der Waals surface area contributed by atoms with Gasteiger partial charge < -0.3 is 15.4 Å². The fraction of sp³-hybridized carbons (Fsp3) is 0.125. The number of ether oxygens (including phenoxy) is 1. The van der Waals surface area contributed by atoms with Crippen LogP contribution in [0.2, 0.25) is 0 Å². The maximum Gasteiger partial charge on any atom is 0.313 e. The number of carbonyl (C=O) groups is 2. The average molecular weight is 399 g/mol. The van der Waals surface area contributed by atoms with Gasteiger partial charge in [-0.1, -0.05) is 60.7 Å². The Morgan fingerprint density at radius 3 is 2.30 bits per heavy atom. The normalized spacial score (nSPS) is 9.97. The van der Waals surface area contributed by atoms with E-state index in [1.807, 2.05) is 54.6 Å². The Morgan fingerprint density at radius 1 is 0.867 bits per heavy atom. The minimum absolute atomic E-state index is 0.191. The van der Waals surface area contributed by atoms with Crippen molar-refractivity contribution in [1.29, 1.82) is 5.26 Å². The summed E-state index contributed by atoms with van der Waals surface area (Å²) in [5, 5.41) is 13.7. The van der Waals surface area contributed by atoms with Crippen molar-refractivity contribution in [2.45, 2.75) is 6.42 Å². The number of anilines is 1. The summed E-state index contributed by atoms with van der Waals surface area (Å²) in [6.45, 7) is 0.419. The first-order valence-electron chi connectivity index (χ1n) is 9.49. The maximum atomic E-state index is 12.0. The highest BCUT2D eigenvalue weighted by atomic mass is 16.5. The van der Waals surface area contributed by atoms with Crippen LogP contribution in [0.4, 0.5) is 5.69 Å². The fourth-order valence-corrected chi connectivity index (χ4v) is 2.84. The molecule has 0 spiro atoms. The van der Waals surface area contributed by atoms with Crippen LogP contribution in [0.15, 0.2) is 78.9 Å². The Labute approximate surface area is 175 Å². The van der Waals surface area contributed by atoms with Crippen LogP contribution in [-0.4, -0.2) is 25.0 Å². The molecule has 3 aromatic rings. The molecular weight excluding hydrogens is 378 g/mol. The molecule has 0 aromatic heterocycles. The molecule has 0 atom stereocenters. The monoisotopic (exact) mass is 399 g/mol. The van der Waals surface area contributed by atoms with Gasteiger partial charge in [0.2, 0.25) is 0 Å². The molecule has 0 aliphatic heterocycles. The van der Waals surface area contributed by atoms with Crippen LogP contribution in [-0.2, 0) is 16.0 Å². The highest BCUT2D eigenvalue weighted by Crippen LogP contribution is 2.29. The molecule has 0 aliphatic carbocycles. The first-order chi connectivity index (χ1) is 14.7. The van der Waals surface area contributed by atoms with Gasteiger partial charge in [-0.05, 0) is 29.3 Å². The van der Waals surface area contributed by atoms with Crippen LogP contribution in [0, 0.1) is 11.3 Å². The summed E-state index contributed by atoms with van der Waals surface area (Å²) in [5.41, 5.74) is 3.33. The third kappa shape index (κ3) is 5.69. The second-order valence-electron chi connectivity index (χ2n) is 6.45. The SMILES string of the molecule is N#CCc1ccc(NC(=O)C(=O)NCCOc2ccccc2-c2ccccc2)cc1. The summed E-state index contributed by atoms with van der Waals surface area (Å²) in [4.78, 5) is 24.0. The summed E-state index contributed by atoms with van der Waals surface area (Å²) in [7, 11) is 0. The smallest absolute Gasteiger partial charge is 0.313 e. The topological polar surface area (TPSA) is 91.2 Å².